The Kier molecular flexibility index (Phi) is 4.72. The van der Waals surface area contributed by atoms with E-state index in [2.05, 4.69) is 10.2 Å². The van der Waals surface area contributed by atoms with E-state index in [-0.39, 0.29) is 18.3 Å². The molecule has 3 aromatic rings. The summed E-state index contributed by atoms with van der Waals surface area (Å²) in [5, 5.41) is 9.13. The van der Waals surface area contributed by atoms with E-state index in [9.17, 15) is 4.79 Å². The van der Waals surface area contributed by atoms with Crippen LogP contribution in [0.3, 0.4) is 0 Å². The Morgan fingerprint density at radius 1 is 1.19 bits per heavy atom. The molecule has 0 bridgehead atoms. The Balaban J connectivity index is 1.49. The van der Waals surface area contributed by atoms with Gasteiger partial charge in [0.1, 0.15) is 5.75 Å². The van der Waals surface area contributed by atoms with Crippen LogP contribution in [0, 0.1) is 0 Å². The van der Waals surface area contributed by atoms with Crippen LogP contribution >= 0.6 is 11.8 Å². The fraction of sp³-hybridized carbons (Fsp3) is 0.211. The van der Waals surface area contributed by atoms with E-state index in [1.807, 2.05) is 35.9 Å². The van der Waals surface area contributed by atoms with Crippen molar-refractivity contribution in [3.8, 4) is 28.6 Å². The molecule has 138 valence electrons. The summed E-state index contributed by atoms with van der Waals surface area (Å²) in [4.78, 5) is 12.5. The lowest BCUT2D eigenvalue weighted by molar-refractivity contribution is 0.102. The summed E-state index contributed by atoms with van der Waals surface area (Å²) in [5.41, 5.74) is 1.43. The first-order valence-corrected chi connectivity index (χ1v) is 9.24. The number of aromatic nitrogens is 3. The van der Waals surface area contributed by atoms with Crippen LogP contribution in [0.2, 0.25) is 0 Å². The Labute approximate surface area is 160 Å². The van der Waals surface area contributed by atoms with Crippen molar-refractivity contribution in [3.63, 3.8) is 0 Å². The van der Waals surface area contributed by atoms with Gasteiger partial charge < -0.3 is 18.8 Å². The van der Waals surface area contributed by atoms with Gasteiger partial charge >= 0.3 is 0 Å². The molecule has 0 saturated heterocycles. The molecule has 7 nitrogen and oxygen atoms in total. The number of fused-ring (bicyclic) bond motifs is 1. The Bertz CT molecular complexity index is 1000. The monoisotopic (exact) mass is 383 g/mol. The highest BCUT2D eigenvalue weighted by Crippen LogP contribution is 2.33. The quantitative estimate of drug-likeness (QED) is 0.478. The SMILES string of the molecule is COc1ccccc1-c1nnc(SCC(=O)c2ccc3c(c2)OCO3)n1C. The van der Waals surface area contributed by atoms with Crippen molar-refractivity contribution in [2.75, 3.05) is 19.7 Å². The number of carbonyl (C=O) groups is 1. The second-order valence-corrected chi connectivity index (χ2v) is 6.79. The maximum absolute atomic E-state index is 12.5. The highest BCUT2D eigenvalue weighted by molar-refractivity contribution is 7.99. The van der Waals surface area contributed by atoms with E-state index >= 15 is 0 Å². The van der Waals surface area contributed by atoms with Crippen molar-refractivity contribution >= 4 is 17.5 Å². The zero-order valence-electron chi connectivity index (χ0n) is 14.8. The zero-order chi connectivity index (χ0) is 18.8. The average Bonchev–Trinajstić information content (AvgIpc) is 3.31. The second-order valence-electron chi connectivity index (χ2n) is 5.85. The first kappa shape index (κ1) is 17.4. The molecule has 0 N–H and O–H groups in total. The lowest BCUT2D eigenvalue weighted by Gasteiger charge is -2.08. The number of thioether (sulfide) groups is 1. The molecule has 1 aromatic heterocycles. The molecule has 2 heterocycles. The molecule has 0 atom stereocenters. The zero-order valence-corrected chi connectivity index (χ0v) is 15.7. The molecule has 0 saturated carbocycles. The molecule has 0 aliphatic carbocycles. The Hall–Kier alpha value is -3.00. The van der Waals surface area contributed by atoms with Crippen LogP contribution in [0.15, 0.2) is 47.6 Å². The molecule has 27 heavy (non-hydrogen) atoms. The van der Waals surface area contributed by atoms with Crippen LogP contribution < -0.4 is 14.2 Å². The van der Waals surface area contributed by atoms with Gasteiger partial charge in [0.05, 0.1) is 18.4 Å². The minimum atomic E-state index is -0.0138. The van der Waals surface area contributed by atoms with Crippen LogP contribution in [0.4, 0.5) is 0 Å². The lowest BCUT2D eigenvalue weighted by Crippen LogP contribution is -2.04. The molecular weight excluding hydrogens is 366 g/mol. The number of nitrogens with zero attached hydrogens (tertiary/aromatic N) is 3. The molecule has 2 aromatic carbocycles. The molecule has 0 fully saturated rings. The van der Waals surface area contributed by atoms with Crippen LogP contribution in [0.25, 0.3) is 11.4 Å². The van der Waals surface area contributed by atoms with Crippen molar-refractivity contribution in [2.24, 2.45) is 7.05 Å². The summed E-state index contributed by atoms with van der Waals surface area (Å²) in [6.07, 6.45) is 0. The highest BCUT2D eigenvalue weighted by atomic mass is 32.2. The third kappa shape index (κ3) is 3.35. The number of carbonyl (C=O) groups excluding carboxylic acids is 1. The van der Waals surface area contributed by atoms with E-state index in [0.29, 0.717) is 28.0 Å². The summed E-state index contributed by atoms with van der Waals surface area (Å²) in [7, 11) is 3.49. The number of ketones is 1. The van der Waals surface area contributed by atoms with E-state index < -0.39 is 0 Å². The standard InChI is InChI=1S/C19H17N3O4S/c1-22-18(13-5-3-4-6-15(13)24-2)20-21-19(22)27-10-14(23)12-7-8-16-17(9-12)26-11-25-16/h3-9H,10-11H2,1-2H3. The lowest BCUT2D eigenvalue weighted by atomic mass is 10.1. The van der Waals surface area contributed by atoms with Gasteiger partial charge in [-0.15, -0.1) is 10.2 Å². The van der Waals surface area contributed by atoms with Crippen molar-refractivity contribution in [3.05, 3.63) is 48.0 Å². The summed E-state index contributed by atoms with van der Waals surface area (Å²) >= 11 is 1.34. The minimum Gasteiger partial charge on any atom is -0.496 e. The second kappa shape index (κ2) is 7.32. The molecule has 8 heteroatoms. The van der Waals surface area contributed by atoms with Gasteiger partial charge in [0.2, 0.25) is 6.79 Å². The molecule has 1 aliphatic rings. The minimum absolute atomic E-state index is 0.0138. The van der Waals surface area contributed by atoms with Gasteiger partial charge in [-0.05, 0) is 30.3 Å². The maximum atomic E-state index is 12.5. The number of Topliss-reactive ketones (excluding diaryl/α,β-unsaturated/α-hetero) is 1. The summed E-state index contributed by atoms with van der Waals surface area (Å²) in [5.74, 6) is 2.90. The van der Waals surface area contributed by atoms with Gasteiger partial charge in [0.25, 0.3) is 0 Å². The van der Waals surface area contributed by atoms with Crippen molar-refractivity contribution in [1.29, 1.82) is 0 Å². The van der Waals surface area contributed by atoms with Gasteiger partial charge in [0.15, 0.2) is 28.3 Å². The van der Waals surface area contributed by atoms with Gasteiger partial charge in [-0.25, -0.2) is 0 Å². The largest absolute Gasteiger partial charge is 0.496 e. The first-order valence-electron chi connectivity index (χ1n) is 8.26. The third-order valence-electron chi connectivity index (χ3n) is 4.21. The van der Waals surface area contributed by atoms with Gasteiger partial charge in [0, 0.05) is 12.6 Å². The Morgan fingerprint density at radius 3 is 2.85 bits per heavy atom. The van der Waals surface area contributed by atoms with Crippen LogP contribution in [-0.4, -0.2) is 40.2 Å². The van der Waals surface area contributed by atoms with Gasteiger partial charge in [-0.2, -0.15) is 0 Å². The number of hydrogen-bond donors (Lipinski definition) is 0. The van der Waals surface area contributed by atoms with Gasteiger partial charge in [-0.1, -0.05) is 23.9 Å². The number of hydrogen-bond acceptors (Lipinski definition) is 7. The van der Waals surface area contributed by atoms with E-state index in [0.717, 1.165) is 11.3 Å². The van der Waals surface area contributed by atoms with Crippen molar-refractivity contribution in [1.82, 2.24) is 14.8 Å². The number of rotatable bonds is 6. The maximum Gasteiger partial charge on any atom is 0.231 e. The molecule has 1 aliphatic heterocycles. The van der Waals surface area contributed by atoms with E-state index in [1.165, 1.54) is 11.8 Å². The van der Waals surface area contributed by atoms with Crippen LogP contribution in [0.1, 0.15) is 10.4 Å². The Morgan fingerprint density at radius 2 is 2.00 bits per heavy atom. The number of para-hydroxylation sites is 1. The molecule has 4 rings (SSSR count). The first-order chi connectivity index (χ1) is 13.2. The average molecular weight is 383 g/mol. The molecule has 0 spiro atoms. The van der Waals surface area contributed by atoms with Crippen molar-refractivity contribution < 1.29 is 19.0 Å². The molecule has 0 amide bonds. The highest BCUT2D eigenvalue weighted by Gasteiger charge is 2.18. The third-order valence-corrected chi connectivity index (χ3v) is 5.23. The number of ether oxygens (including phenoxy) is 3. The smallest absolute Gasteiger partial charge is 0.231 e. The normalized spacial score (nSPS) is 12.2. The topological polar surface area (TPSA) is 75.5 Å². The van der Waals surface area contributed by atoms with Crippen LogP contribution in [0.5, 0.6) is 17.2 Å². The van der Waals surface area contributed by atoms with Crippen molar-refractivity contribution in [2.45, 2.75) is 5.16 Å². The van der Waals surface area contributed by atoms with E-state index in [4.69, 9.17) is 14.2 Å². The summed E-state index contributed by atoms with van der Waals surface area (Å²) < 4.78 is 17.8. The number of benzene rings is 2. The predicted molar refractivity (Wildman–Crippen MR) is 101 cm³/mol. The van der Waals surface area contributed by atoms with E-state index in [1.54, 1.807) is 25.3 Å². The number of methoxy groups -OCH3 is 1. The fourth-order valence-electron chi connectivity index (χ4n) is 2.79. The molecular formula is C19H17N3O4S. The van der Waals surface area contributed by atoms with Crippen LogP contribution in [-0.2, 0) is 7.05 Å². The predicted octanol–water partition coefficient (Wildman–Crippen LogP) is 3.19. The molecule has 0 unspecified atom stereocenters. The van der Waals surface area contributed by atoms with Gasteiger partial charge in [-0.3, -0.25) is 4.79 Å². The summed E-state index contributed by atoms with van der Waals surface area (Å²) in [6, 6.07) is 12.8. The fourth-order valence-corrected chi connectivity index (χ4v) is 3.59. The summed E-state index contributed by atoms with van der Waals surface area (Å²) in [6.45, 7) is 0.187. The molecule has 0 radical (unpaired) electrons.